The Labute approximate surface area is 200 Å². The Morgan fingerprint density at radius 2 is 1.88 bits per heavy atom. The van der Waals surface area contributed by atoms with Crippen molar-refractivity contribution in [1.29, 1.82) is 0 Å². The predicted octanol–water partition coefficient (Wildman–Crippen LogP) is 4.20. The first-order valence-electron chi connectivity index (χ1n) is 9.24. The average molecular weight is 521 g/mol. The van der Waals surface area contributed by atoms with Gasteiger partial charge in [0.05, 0.1) is 34.2 Å². The Morgan fingerprint density at radius 1 is 1.24 bits per heavy atom. The smallest absolute Gasteiger partial charge is 0.422 e. The van der Waals surface area contributed by atoms with Gasteiger partial charge in [0.15, 0.2) is 11.7 Å². The van der Waals surface area contributed by atoms with E-state index in [1.54, 1.807) is 21.0 Å². The highest BCUT2D eigenvalue weighted by Crippen LogP contribution is 2.35. The number of non-ortho nitro benzene ring substituents is 1. The van der Waals surface area contributed by atoms with Crippen molar-refractivity contribution in [2.45, 2.75) is 13.1 Å². The number of ether oxygens (including phenoxy) is 2. The number of rotatable bonds is 7. The number of nitrogens with one attached hydrogen (secondary N) is 2. The van der Waals surface area contributed by atoms with Gasteiger partial charge in [0.2, 0.25) is 0 Å². The van der Waals surface area contributed by atoms with Crippen LogP contribution in [-0.2, 0) is 4.74 Å². The molecule has 0 radical (unpaired) electrons. The maximum atomic E-state index is 12.5. The molecule has 2 N–H and O–H groups in total. The largest absolute Gasteiger partial charge is 0.484 e. The summed E-state index contributed by atoms with van der Waals surface area (Å²) in [6.45, 7) is -0.0814. The number of nitrogens with zero attached hydrogens (tertiary/aromatic N) is 2. The van der Waals surface area contributed by atoms with Gasteiger partial charge in [-0.2, -0.15) is 13.2 Å². The van der Waals surface area contributed by atoms with E-state index in [4.69, 9.17) is 17.0 Å². The number of hydrogen-bond donors (Lipinski definition) is 2. The Kier molecular flexibility index (Phi) is 8.39. The molecule has 2 aromatic rings. The Hall–Kier alpha value is -3.46. The van der Waals surface area contributed by atoms with E-state index in [0.29, 0.717) is 5.56 Å². The lowest BCUT2D eigenvalue weighted by atomic mass is 10.1. The number of thiophene rings is 1. The topological polar surface area (TPSA) is 123 Å². The Bertz CT molecular complexity index is 1130. The van der Waals surface area contributed by atoms with Crippen LogP contribution in [0, 0.1) is 17.0 Å². The van der Waals surface area contributed by atoms with Crippen molar-refractivity contribution in [2.24, 2.45) is 0 Å². The second kappa shape index (κ2) is 10.6. The highest BCUT2D eigenvalue weighted by Gasteiger charge is 2.29. The molecule has 0 atom stereocenters. The van der Waals surface area contributed by atoms with Gasteiger partial charge in [0.1, 0.15) is 10.8 Å². The fourth-order valence-corrected chi connectivity index (χ4v) is 4.14. The molecule has 1 heterocycles. The van der Waals surface area contributed by atoms with Gasteiger partial charge in [-0.15, -0.1) is 11.3 Å². The molecule has 0 aliphatic rings. The number of amides is 1. The van der Waals surface area contributed by atoms with E-state index in [0.717, 1.165) is 29.5 Å². The van der Waals surface area contributed by atoms with Crippen LogP contribution in [0.5, 0.6) is 5.75 Å². The molecule has 0 spiro atoms. The van der Waals surface area contributed by atoms with Crippen molar-refractivity contribution in [3.8, 4) is 5.75 Å². The molecule has 0 saturated carbocycles. The van der Waals surface area contributed by atoms with Crippen molar-refractivity contribution < 1.29 is 37.2 Å². The molecule has 1 amide bonds. The number of esters is 1. The molecule has 0 unspecified atom stereocenters. The van der Waals surface area contributed by atoms with E-state index in [1.807, 2.05) is 0 Å². The first kappa shape index (κ1) is 26.8. The summed E-state index contributed by atoms with van der Waals surface area (Å²) in [5.74, 6) is -1.49. The monoisotopic (exact) mass is 520 g/mol. The zero-order valence-electron chi connectivity index (χ0n) is 18.2. The van der Waals surface area contributed by atoms with Gasteiger partial charge in [-0.05, 0) is 24.7 Å². The third-order valence-corrected chi connectivity index (χ3v) is 5.53. The molecule has 1 aromatic carbocycles. The molecule has 0 bridgehead atoms. The number of nitro groups is 1. The van der Waals surface area contributed by atoms with Crippen molar-refractivity contribution in [3.05, 3.63) is 44.3 Å². The zero-order chi connectivity index (χ0) is 25.8. The summed E-state index contributed by atoms with van der Waals surface area (Å²) < 4.78 is 46.8. The summed E-state index contributed by atoms with van der Waals surface area (Å²) in [5, 5.41) is 16.5. The molecule has 34 heavy (non-hydrogen) atoms. The summed E-state index contributed by atoms with van der Waals surface area (Å²) >= 11 is 6.13. The number of carbonyl (C=O) groups excluding carboxylic acids is 2. The molecule has 0 aliphatic heterocycles. The quantitative estimate of drug-likeness (QED) is 0.239. The molecule has 15 heteroatoms. The lowest BCUT2D eigenvalue weighted by molar-refractivity contribution is -0.384. The molecule has 10 nitrogen and oxygen atoms in total. The number of methoxy groups -OCH3 is 1. The Morgan fingerprint density at radius 3 is 2.41 bits per heavy atom. The van der Waals surface area contributed by atoms with Gasteiger partial charge >= 0.3 is 12.1 Å². The molecular weight excluding hydrogens is 501 g/mol. The number of anilines is 2. The van der Waals surface area contributed by atoms with Crippen molar-refractivity contribution in [2.75, 3.05) is 38.4 Å². The van der Waals surface area contributed by atoms with Crippen LogP contribution in [0.1, 0.15) is 25.6 Å². The third kappa shape index (κ3) is 6.77. The summed E-state index contributed by atoms with van der Waals surface area (Å²) in [7, 11) is 4.25. The number of alkyl halides is 3. The van der Waals surface area contributed by atoms with Crippen molar-refractivity contribution in [1.82, 2.24) is 4.90 Å². The van der Waals surface area contributed by atoms with E-state index in [9.17, 15) is 32.9 Å². The highest BCUT2D eigenvalue weighted by molar-refractivity contribution is 7.80. The number of nitro benzene ring substituents is 1. The lowest BCUT2D eigenvalue weighted by Crippen LogP contribution is -2.21. The van der Waals surface area contributed by atoms with Crippen LogP contribution in [-0.4, -0.2) is 60.8 Å². The molecule has 0 saturated heterocycles. The molecular formula is C19H19F3N4O6S2. The molecule has 2 rings (SSSR count). The minimum absolute atomic E-state index is 0.0404. The second-order valence-electron chi connectivity index (χ2n) is 6.91. The standard InChI is InChI=1S/C19H19F3N4O6S2/c1-9-13(17(28)31-4)15(34-14(9)16(27)25(2)3)24-18(33)23-10-5-11(26(29)30)7-12(6-10)32-8-19(20,21)22/h5-7H,8H2,1-4H3,(H2,23,24,33). The van der Waals surface area contributed by atoms with Crippen molar-refractivity contribution >= 4 is 56.9 Å². The van der Waals surface area contributed by atoms with Crippen LogP contribution in [0.25, 0.3) is 0 Å². The van der Waals surface area contributed by atoms with Crippen LogP contribution >= 0.6 is 23.6 Å². The fraction of sp³-hybridized carbons (Fsp3) is 0.316. The minimum Gasteiger partial charge on any atom is -0.484 e. The second-order valence-corrected chi connectivity index (χ2v) is 8.34. The number of halogens is 3. The highest BCUT2D eigenvalue weighted by atomic mass is 32.1. The lowest BCUT2D eigenvalue weighted by Gasteiger charge is -2.13. The van der Waals surface area contributed by atoms with Crippen molar-refractivity contribution in [3.63, 3.8) is 0 Å². The molecule has 0 fully saturated rings. The van der Waals surface area contributed by atoms with Gasteiger partial charge in [0, 0.05) is 26.2 Å². The molecule has 184 valence electrons. The number of thiocarbonyl (C=S) groups is 1. The average Bonchev–Trinajstić information content (AvgIpc) is 3.05. The maximum absolute atomic E-state index is 12.5. The van der Waals surface area contributed by atoms with Crippen LogP contribution in [0.15, 0.2) is 18.2 Å². The van der Waals surface area contributed by atoms with Gasteiger partial charge in [-0.1, -0.05) is 0 Å². The Balaban J connectivity index is 2.34. The van der Waals surface area contributed by atoms with E-state index in [-0.39, 0.29) is 32.1 Å². The summed E-state index contributed by atoms with van der Waals surface area (Å²) in [6.07, 6.45) is -4.64. The molecule has 1 aromatic heterocycles. The maximum Gasteiger partial charge on any atom is 0.422 e. The normalized spacial score (nSPS) is 10.9. The number of hydrogen-bond acceptors (Lipinski definition) is 8. The summed E-state index contributed by atoms with van der Waals surface area (Å²) in [4.78, 5) is 36.7. The first-order chi connectivity index (χ1) is 15.7. The number of carbonyl (C=O) groups is 2. The van der Waals surface area contributed by atoms with E-state index in [2.05, 4.69) is 15.4 Å². The predicted molar refractivity (Wildman–Crippen MR) is 123 cm³/mol. The van der Waals surface area contributed by atoms with E-state index < -0.39 is 35.1 Å². The third-order valence-electron chi connectivity index (χ3n) is 4.13. The van der Waals surface area contributed by atoms with Crippen LogP contribution in [0.4, 0.5) is 29.5 Å². The molecule has 0 aliphatic carbocycles. The van der Waals surface area contributed by atoms with Gasteiger partial charge < -0.3 is 25.0 Å². The van der Waals surface area contributed by atoms with E-state index >= 15 is 0 Å². The van der Waals surface area contributed by atoms with E-state index in [1.165, 1.54) is 12.0 Å². The zero-order valence-corrected chi connectivity index (χ0v) is 19.9. The van der Waals surface area contributed by atoms with Crippen LogP contribution < -0.4 is 15.4 Å². The van der Waals surface area contributed by atoms with Gasteiger partial charge in [0.25, 0.3) is 11.6 Å². The SMILES string of the molecule is COC(=O)c1c(NC(=S)Nc2cc(OCC(F)(F)F)cc([N+](=O)[O-])c2)sc(C(=O)N(C)C)c1C. The van der Waals surface area contributed by atoms with Crippen LogP contribution in [0.3, 0.4) is 0 Å². The fourth-order valence-electron chi connectivity index (χ4n) is 2.63. The number of benzene rings is 1. The summed E-state index contributed by atoms with van der Waals surface area (Å²) in [6, 6.07) is 2.97. The first-order valence-corrected chi connectivity index (χ1v) is 10.5. The minimum atomic E-state index is -4.64. The van der Waals surface area contributed by atoms with Gasteiger partial charge in [-0.3, -0.25) is 14.9 Å². The summed E-state index contributed by atoms with van der Waals surface area (Å²) in [5.41, 5.74) is -0.151. The van der Waals surface area contributed by atoms with Crippen LogP contribution in [0.2, 0.25) is 0 Å². The van der Waals surface area contributed by atoms with Gasteiger partial charge in [-0.25, -0.2) is 4.79 Å².